The van der Waals surface area contributed by atoms with Gasteiger partial charge in [0.05, 0.1) is 18.1 Å². The Morgan fingerprint density at radius 3 is 2.84 bits per heavy atom. The molecule has 0 aliphatic heterocycles. The summed E-state index contributed by atoms with van der Waals surface area (Å²) < 4.78 is 6.57. The zero-order chi connectivity index (χ0) is 17.8. The van der Waals surface area contributed by atoms with Gasteiger partial charge >= 0.3 is 5.97 Å². The molecule has 1 aromatic carbocycles. The molecule has 3 rings (SSSR count). The van der Waals surface area contributed by atoms with E-state index in [0.29, 0.717) is 27.1 Å². The van der Waals surface area contributed by atoms with Crippen molar-refractivity contribution in [1.82, 2.24) is 9.55 Å². The first-order chi connectivity index (χ1) is 12.1. The Kier molecular flexibility index (Phi) is 4.91. The van der Waals surface area contributed by atoms with Crippen LogP contribution in [0, 0.1) is 18.3 Å². The number of esters is 1. The molecule has 0 spiro atoms. The molecule has 0 saturated carbocycles. The Morgan fingerprint density at radius 2 is 2.12 bits per heavy atom. The third kappa shape index (κ3) is 3.44. The van der Waals surface area contributed by atoms with Gasteiger partial charge in [-0.05, 0) is 18.1 Å². The minimum atomic E-state index is -0.456. The van der Waals surface area contributed by atoms with E-state index in [0.717, 1.165) is 16.9 Å². The number of aryl methyl sites for hydroxylation is 1. The number of aromatic nitrogens is 2. The van der Waals surface area contributed by atoms with Gasteiger partial charge in [0.2, 0.25) is 0 Å². The smallest absolute Gasteiger partial charge is 0.348 e. The molecule has 0 radical (unpaired) electrons. The molecule has 126 valence electrons. The first-order valence-corrected chi connectivity index (χ1v) is 8.50. The van der Waals surface area contributed by atoms with Crippen molar-refractivity contribution in [2.24, 2.45) is 0 Å². The Bertz CT molecular complexity index is 1020. The minimum Gasteiger partial charge on any atom is -0.461 e. The van der Waals surface area contributed by atoms with E-state index in [1.807, 2.05) is 36.4 Å². The van der Waals surface area contributed by atoms with Gasteiger partial charge in [-0.25, -0.2) is 9.78 Å². The van der Waals surface area contributed by atoms with Crippen molar-refractivity contribution in [3.8, 4) is 6.07 Å². The summed E-state index contributed by atoms with van der Waals surface area (Å²) >= 11 is 1.14. The SMILES string of the molecule is Cc1c(C(=O)OCCc2ccccc2)sc2ncn(CC#N)c(=O)c12. The average Bonchev–Trinajstić information content (AvgIpc) is 2.96. The number of rotatable bonds is 5. The van der Waals surface area contributed by atoms with E-state index < -0.39 is 5.97 Å². The predicted octanol–water partition coefficient (Wildman–Crippen LogP) is 2.69. The van der Waals surface area contributed by atoms with Gasteiger partial charge in [0.25, 0.3) is 5.56 Å². The van der Waals surface area contributed by atoms with Gasteiger partial charge < -0.3 is 4.74 Å². The van der Waals surface area contributed by atoms with Crippen molar-refractivity contribution >= 4 is 27.5 Å². The molecule has 0 fully saturated rings. The van der Waals surface area contributed by atoms with Crippen LogP contribution in [0.15, 0.2) is 41.5 Å². The zero-order valence-corrected chi connectivity index (χ0v) is 14.4. The molecular formula is C18H15N3O3S. The lowest BCUT2D eigenvalue weighted by Crippen LogP contribution is -2.20. The lowest BCUT2D eigenvalue weighted by atomic mass is 10.2. The van der Waals surface area contributed by atoms with E-state index in [9.17, 15) is 9.59 Å². The van der Waals surface area contributed by atoms with Gasteiger partial charge in [-0.3, -0.25) is 9.36 Å². The summed E-state index contributed by atoms with van der Waals surface area (Å²) in [6.07, 6.45) is 1.96. The lowest BCUT2D eigenvalue weighted by molar-refractivity contribution is 0.0514. The number of benzene rings is 1. The van der Waals surface area contributed by atoms with E-state index in [-0.39, 0.29) is 18.7 Å². The van der Waals surface area contributed by atoms with E-state index in [1.54, 1.807) is 6.92 Å². The predicted molar refractivity (Wildman–Crippen MR) is 94.7 cm³/mol. The highest BCUT2D eigenvalue weighted by Gasteiger charge is 2.20. The van der Waals surface area contributed by atoms with Crippen LogP contribution in [0.2, 0.25) is 0 Å². The van der Waals surface area contributed by atoms with Crippen molar-refractivity contribution in [2.45, 2.75) is 19.9 Å². The largest absolute Gasteiger partial charge is 0.461 e. The average molecular weight is 353 g/mol. The van der Waals surface area contributed by atoms with Crippen LogP contribution in [0.25, 0.3) is 10.2 Å². The van der Waals surface area contributed by atoms with Gasteiger partial charge in [0, 0.05) is 6.42 Å². The quantitative estimate of drug-likeness (QED) is 0.658. The second-order valence-corrected chi connectivity index (χ2v) is 6.44. The van der Waals surface area contributed by atoms with Gasteiger partial charge in [-0.2, -0.15) is 5.26 Å². The van der Waals surface area contributed by atoms with Crippen molar-refractivity contribution in [2.75, 3.05) is 6.61 Å². The fourth-order valence-corrected chi connectivity index (χ4v) is 3.55. The highest BCUT2D eigenvalue weighted by Crippen LogP contribution is 2.27. The monoisotopic (exact) mass is 353 g/mol. The second kappa shape index (κ2) is 7.28. The normalized spacial score (nSPS) is 10.6. The molecule has 25 heavy (non-hydrogen) atoms. The second-order valence-electron chi connectivity index (χ2n) is 5.44. The number of carbonyl (C=O) groups excluding carboxylic acids is 1. The van der Waals surface area contributed by atoms with Gasteiger partial charge in [0.15, 0.2) is 0 Å². The number of nitrogens with zero attached hydrogens (tertiary/aromatic N) is 3. The molecule has 0 aliphatic carbocycles. The Morgan fingerprint density at radius 1 is 1.36 bits per heavy atom. The fraction of sp³-hybridized carbons (Fsp3) is 0.222. The molecule has 7 heteroatoms. The zero-order valence-electron chi connectivity index (χ0n) is 13.6. The minimum absolute atomic E-state index is 0.0755. The van der Waals surface area contributed by atoms with Crippen LogP contribution in [0.3, 0.4) is 0 Å². The molecule has 0 atom stereocenters. The number of hydrogen-bond acceptors (Lipinski definition) is 6. The molecule has 0 N–H and O–H groups in total. The Hall–Kier alpha value is -2.98. The fourth-order valence-electron chi connectivity index (χ4n) is 2.51. The van der Waals surface area contributed by atoms with Gasteiger partial charge in [-0.15, -0.1) is 11.3 Å². The molecular weight excluding hydrogens is 338 g/mol. The first kappa shape index (κ1) is 16.9. The molecule has 2 heterocycles. The highest BCUT2D eigenvalue weighted by atomic mass is 32.1. The Labute approximate surface area is 147 Å². The van der Waals surface area contributed by atoms with Crippen LogP contribution in [0.5, 0.6) is 0 Å². The van der Waals surface area contributed by atoms with Crippen molar-refractivity contribution < 1.29 is 9.53 Å². The van der Waals surface area contributed by atoms with Crippen molar-refractivity contribution in [3.05, 3.63) is 63.0 Å². The molecule has 3 aromatic rings. The van der Waals surface area contributed by atoms with Crippen LogP contribution < -0.4 is 5.56 Å². The maximum Gasteiger partial charge on any atom is 0.348 e. The van der Waals surface area contributed by atoms with Gasteiger partial charge in [0.1, 0.15) is 22.6 Å². The van der Waals surface area contributed by atoms with E-state index in [4.69, 9.17) is 10.00 Å². The van der Waals surface area contributed by atoms with E-state index >= 15 is 0 Å². The molecule has 0 saturated heterocycles. The number of ether oxygens (including phenoxy) is 1. The number of hydrogen-bond donors (Lipinski definition) is 0. The molecule has 0 unspecified atom stereocenters. The number of nitriles is 1. The Balaban J connectivity index is 1.80. The van der Waals surface area contributed by atoms with Crippen LogP contribution in [-0.4, -0.2) is 22.1 Å². The molecule has 0 bridgehead atoms. The third-order valence-electron chi connectivity index (χ3n) is 3.81. The van der Waals surface area contributed by atoms with Crippen molar-refractivity contribution in [1.29, 1.82) is 5.26 Å². The van der Waals surface area contributed by atoms with Crippen molar-refractivity contribution in [3.63, 3.8) is 0 Å². The highest BCUT2D eigenvalue weighted by molar-refractivity contribution is 7.20. The summed E-state index contributed by atoms with van der Waals surface area (Å²) in [4.78, 5) is 29.8. The lowest BCUT2D eigenvalue weighted by Gasteiger charge is -2.04. The molecule has 6 nitrogen and oxygen atoms in total. The van der Waals surface area contributed by atoms with E-state index in [2.05, 4.69) is 4.98 Å². The van der Waals surface area contributed by atoms with Gasteiger partial charge in [-0.1, -0.05) is 30.3 Å². The number of fused-ring (bicyclic) bond motifs is 1. The molecule has 0 aliphatic rings. The van der Waals surface area contributed by atoms with E-state index in [1.165, 1.54) is 10.9 Å². The summed E-state index contributed by atoms with van der Waals surface area (Å²) in [5.74, 6) is -0.456. The first-order valence-electron chi connectivity index (χ1n) is 7.68. The summed E-state index contributed by atoms with van der Waals surface area (Å²) in [6.45, 7) is 1.89. The van der Waals surface area contributed by atoms with Crippen LogP contribution in [0.4, 0.5) is 0 Å². The summed E-state index contributed by atoms with van der Waals surface area (Å²) in [5, 5.41) is 9.13. The maximum atomic E-state index is 12.4. The topological polar surface area (TPSA) is 85.0 Å². The molecule has 0 amide bonds. The van der Waals surface area contributed by atoms with Crippen LogP contribution in [-0.2, 0) is 17.7 Å². The number of thiophene rings is 1. The summed E-state index contributed by atoms with van der Waals surface area (Å²) in [7, 11) is 0. The third-order valence-corrected chi connectivity index (χ3v) is 4.99. The molecule has 2 aromatic heterocycles. The standard InChI is InChI=1S/C18H15N3O3S/c1-12-14-16(20-11-21(9-8-19)17(14)22)25-15(12)18(23)24-10-7-13-5-3-2-4-6-13/h2-6,11H,7,9-10H2,1H3. The summed E-state index contributed by atoms with van der Waals surface area (Å²) in [6, 6.07) is 11.7. The summed E-state index contributed by atoms with van der Waals surface area (Å²) in [5.41, 5.74) is 1.32. The van der Waals surface area contributed by atoms with Crippen LogP contribution >= 0.6 is 11.3 Å². The maximum absolute atomic E-state index is 12.4. The number of carbonyl (C=O) groups is 1. The van der Waals surface area contributed by atoms with Crippen LogP contribution in [0.1, 0.15) is 20.8 Å².